The van der Waals surface area contributed by atoms with Crippen LogP contribution in [0.2, 0.25) is 0 Å². The summed E-state index contributed by atoms with van der Waals surface area (Å²) in [6.07, 6.45) is 5.09. The third-order valence-electron chi connectivity index (χ3n) is 4.83. The van der Waals surface area contributed by atoms with Crippen molar-refractivity contribution in [2.75, 3.05) is 20.6 Å². The molecule has 0 aliphatic heterocycles. The number of nitrogens with zero attached hydrogens (tertiary/aromatic N) is 1. The van der Waals surface area contributed by atoms with Gasteiger partial charge < -0.3 is 15.0 Å². The number of carbonyl (C=O) groups is 1. The third-order valence-corrected chi connectivity index (χ3v) is 4.83. The van der Waals surface area contributed by atoms with Crippen molar-refractivity contribution < 1.29 is 13.9 Å². The van der Waals surface area contributed by atoms with Crippen LogP contribution in [0.25, 0.3) is 0 Å². The highest BCUT2D eigenvalue weighted by Crippen LogP contribution is 2.31. The molecule has 0 saturated heterocycles. The minimum atomic E-state index is -0.727. The van der Waals surface area contributed by atoms with E-state index in [1.165, 1.54) is 31.4 Å². The summed E-state index contributed by atoms with van der Waals surface area (Å²) in [7, 11) is 4.13. The Balaban J connectivity index is 1.91. The van der Waals surface area contributed by atoms with Crippen LogP contribution >= 0.6 is 0 Å². The molecule has 1 N–H and O–H groups in total. The molecule has 0 heterocycles. The molecular formula is C18H27FN2O2. The average molecular weight is 322 g/mol. The van der Waals surface area contributed by atoms with Gasteiger partial charge in [0.05, 0.1) is 0 Å². The molecule has 1 aliphatic carbocycles. The van der Waals surface area contributed by atoms with Crippen molar-refractivity contribution in [3.05, 3.63) is 30.1 Å². The van der Waals surface area contributed by atoms with E-state index in [0.717, 1.165) is 12.8 Å². The van der Waals surface area contributed by atoms with Crippen LogP contribution in [-0.4, -0.2) is 43.1 Å². The van der Waals surface area contributed by atoms with Gasteiger partial charge in [-0.1, -0.05) is 31.4 Å². The van der Waals surface area contributed by atoms with E-state index in [1.54, 1.807) is 19.1 Å². The third kappa shape index (κ3) is 4.44. The van der Waals surface area contributed by atoms with Crippen LogP contribution < -0.4 is 10.1 Å². The zero-order valence-corrected chi connectivity index (χ0v) is 14.3. The van der Waals surface area contributed by atoms with E-state index in [0.29, 0.717) is 6.54 Å². The number of rotatable bonds is 6. The molecule has 1 aromatic carbocycles. The SMILES string of the molecule is C[C@H](Oc1ccccc1F)C(=O)NCC1(N(C)C)CCCCC1. The molecule has 128 valence electrons. The Bertz CT molecular complexity index is 528. The highest BCUT2D eigenvalue weighted by atomic mass is 19.1. The van der Waals surface area contributed by atoms with Gasteiger partial charge in [0, 0.05) is 12.1 Å². The Kier molecular flexibility index (Phi) is 5.99. The van der Waals surface area contributed by atoms with Crippen LogP contribution in [0.4, 0.5) is 4.39 Å². The van der Waals surface area contributed by atoms with Gasteiger partial charge in [-0.3, -0.25) is 4.79 Å². The lowest BCUT2D eigenvalue weighted by molar-refractivity contribution is -0.128. The molecule has 1 fully saturated rings. The summed E-state index contributed by atoms with van der Waals surface area (Å²) in [5.74, 6) is -0.556. The van der Waals surface area contributed by atoms with E-state index in [-0.39, 0.29) is 17.2 Å². The molecule has 1 aliphatic rings. The fourth-order valence-electron chi connectivity index (χ4n) is 3.17. The van der Waals surface area contributed by atoms with Crippen molar-refractivity contribution in [1.82, 2.24) is 10.2 Å². The first-order valence-electron chi connectivity index (χ1n) is 8.31. The molecule has 4 nitrogen and oxygen atoms in total. The summed E-state index contributed by atoms with van der Waals surface area (Å²) >= 11 is 0. The molecule has 2 rings (SSSR count). The van der Waals surface area contributed by atoms with Gasteiger partial charge in [-0.2, -0.15) is 0 Å². The normalized spacial score (nSPS) is 18.5. The van der Waals surface area contributed by atoms with Crippen LogP contribution in [0.3, 0.4) is 0 Å². The number of halogens is 1. The van der Waals surface area contributed by atoms with E-state index >= 15 is 0 Å². The molecule has 0 bridgehead atoms. The average Bonchev–Trinajstić information content (AvgIpc) is 2.55. The number of para-hydroxylation sites is 1. The van der Waals surface area contributed by atoms with Crippen molar-refractivity contribution in [3.8, 4) is 5.75 Å². The number of nitrogens with one attached hydrogen (secondary N) is 1. The first kappa shape index (κ1) is 17.7. The van der Waals surface area contributed by atoms with Crippen molar-refractivity contribution in [2.45, 2.75) is 50.7 Å². The van der Waals surface area contributed by atoms with Crippen LogP contribution in [0.1, 0.15) is 39.0 Å². The fourth-order valence-corrected chi connectivity index (χ4v) is 3.17. The smallest absolute Gasteiger partial charge is 0.260 e. The second-order valence-electron chi connectivity index (χ2n) is 6.59. The number of carbonyl (C=O) groups excluding carboxylic acids is 1. The standard InChI is InChI=1S/C18H27FN2O2/c1-14(23-16-10-6-5-9-15(16)19)17(22)20-13-18(21(2)3)11-7-4-8-12-18/h5-6,9-10,14H,4,7-8,11-13H2,1-3H3,(H,20,22)/t14-/m0/s1. The Morgan fingerprint density at radius 1 is 1.30 bits per heavy atom. The molecular weight excluding hydrogens is 295 g/mol. The van der Waals surface area contributed by atoms with Crippen molar-refractivity contribution in [1.29, 1.82) is 0 Å². The Hall–Kier alpha value is -1.62. The summed E-state index contributed by atoms with van der Waals surface area (Å²) in [5, 5.41) is 2.99. The maximum absolute atomic E-state index is 13.6. The molecule has 1 saturated carbocycles. The predicted molar refractivity (Wildman–Crippen MR) is 89.0 cm³/mol. The van der Waals surface area contributed by atoms with Crippen molar-refractivity contribution in [3.63, 3.8) is 0 Å². The molecule has 0 aromatic heterocycles. The highest BCUT2D eigenvalue weighted by Gasteiger charge is 2.34. The number of likely N-dealkylation sites (N-methyl/N-ethyl adjacent to an activating group) is 1. The monoisotopic (exact) mass is 322 g/mol. The van der Waals surface area contributed by atoms with Crippen molar-refractivity contribution in [2.24, 2.45) is 0 Å². The second kappa shape index (κ2) is 7.77. The number of hydrogen-bond donors (Lipinski definition) is 1. The second-order valence-corrected chi connectivity index (χ2v) is 6.59. The van der Waals surface area contributed by atoms with E-state index < -0.39 is 11.9 Å². The zero-order chi connectivity index (χ0) is 16.9. The van der Waals surface area contributed by atoms with Gasteiger partial charge in [-0.15, -0.1) is 0 Å². The van der Waals surface area contributed by atoms with Gasteiger partial charge >= 0.3 is 0 Å². The lowest BCUT2D eigenvalue weighted by atomic mass is 9.80. The first-order chi connectivity index (χ1) is 10.9. The minimum absolute atomic E-state index is 0.0195. The van der Waals surface area contributed by atoms with Crippen LogP contribution in [-0.2, 0) is 4.79 Å². The number of ether oxygens (including phenoxy) is 1. The maximum Gasteiger partial charge on any atom is 0.260 e. The van der Waals surface area contributed by atoms with E-state index in [9.17, 15) is 9.18 Å². The lowest BCUT2D eigenvalue weighted by Crippen LogP contribution is -2.55. The van der Waals surface area contributed by atoms with E-state index in [1.807, 2.05) is 0 Å². The topological polar surface area (TPSA) is 41.6 Å². The quantitative estimate of drug-likeness (QED) is 0.875. The summed E-state index contributed by atoms with van der Waals surface area (Å²) in [6, 6.07) is 6.13. The molecule has 1 atom stereocenters. The van der Waals surface area contributed by atoms with Gasteiger partial charge in [0.25, 0.3) is 5.91 Å². The number of benzene rings is 1. The number of amides is 1. The summed E-state index contributed by atoms with van der Waals surface area (Å²) in [5.41, 5.74) is 0.0195. The van der Waals surface area contributed by atoms with E-state index in [4.69, 9.17) is 4.74 Å². The van der Waals surface area contributed by atoms with Crippen LogP contribution in [0.5, 0.6) is 5.75 Å². The molecule has 0 unspecified atom stereocenters. The Labute approximate surface area is 138 Å². The minimum Gasteiger partial charge on any atom is -0.478 e. The predicted octanol–water partition coefficient (Wildman–Crippen LogP) is 2.97. The van der Waals surface area contributed by atoms with Gasteiger partial charge in [0.1, 0.15) is 0 Å². The van der Waals surface area contributed by atoms with Gasteiger partial charge in [-0.05, 0) is 46.0 Å². The fraction of sp³-hybridized carbons (Fsp3) is 0.611. The molecule has 1 aromatic rings. The largest absolute Gasteiger partial charge is 0.478 e. The molecule has 0 spiro atoms. The van der Waals surface area contributed by atoms with E-state index in [2.05, 4.69) is 24.3 Å². The highest BCUT2D eigenvalue weighted by molar-refractivity contribution is 5.80. The lowest BCUT2D eigenvalue weighted by Gasteiger charge is -2.43. The van der Waals surface area contributed by atoms with Crippen LogP contribution in [0, 0.1) is 5.82 Å². The summed E-state index contributed by atoms with van der Waals surface area (Å²) in [6.45, 7) is 2.24. The van der Waals surface area contributed by atoms with Crippen LogP contribution in [0.15, 0.2) is 24.3 Å². The zero-order valence-electron chi connectivity index (χ0n) is 14.3. The molecule has 23 heavy (non-hydrogen) atoms. The Morgan fingerprint density at radius 3 is 2.57 bits per heavy atom. The number of hydrogen-bond acceptors (Lipinski definition) is 3. The van der Waals surface area contributed by atoms with Gasteiger partial charge in [0.2, 0.25) is 0 Å². The Morgan fingerprint density at radius 2 is 1.96 bits per heavy atom. The van der Waals surface area contributed by atoms with Crippen molar-refractivity contribution >= 4 is 5.91 Å². The van der Waals surface area contributed by atoms with Gasteiger partial charge in [0.15, 0.2) is 17.7 Å². The summed E-state index contributed by atoms with van der Waals surface area (Å²) in [4.78, 5) is 14.5. The maximum atomic E-state index is 13.6. The molecule has 5 heteroatoms. The molecule has 0 radical (unpaired) electrons. The van der Waals surface area contributed by atoms with Gasteiger partial charge in [-0.25, -0.2) is 4.39 Å². The summed E-state index contributed by atoms with van der Waals surface area (Å²) < 4.78 is 19.0. The molecule has 1 amide bonds. The first-order valence-corrected chi connectivity index (χ1v) is 8.31.